The second kappa shape index (κ2) is 7.04. The number of hydrogen-bond acceptors (Lipinski definition) is 6. The summed E-state index contributed by atoms with van der Waals surface area (Å²) >= 11 is 13.3. The fourth-order valence-corrected chi connectivity index (χ4v) is 3.67. The van der Waals surface area contributed by atoms with Crippen molar-refractivity contribution in [1.82, 2.24) is 15.0 Å². The van der Waals surface area contributed by atoms with Gasteiger partial charge in [0.15, 0.2) is 0 Å². The molecule has 128 valence electrons. The Kier molecular flexibility index (Phi) is 5.20. The molecule has 0 aromatic carbocycles. The lowest BCUT2D eigenvalue weighted by atomic mass is 9.91. The minimum Gasteiger partial charge on any atom is -0.355 e. The maximum absolute atomic E-state index is 6.19. The van der Waals surface area contributed by atoms with Crippen LogP contribution in [0.25, 0.3) is 0 Å². The number of halogens is 2. The van der Waals surface area contributed by atoms with E-state index in [1.807, 2.05) is 13.1 Å². The van der Waals surface area contributed by atoms with Gasteiger partial charge in [0.25, 0.3) is 0 Å². The van der Waals surface area contributed by atoms with Gasteiger partial charge in [-0.3, -0.25) is 0 Å². The highest BCUT2D eigenvalue weighted by Crippen LogP contribution is 2.32. The lowest BCUT2D eigenvalue weighted by Crippen LogP contribution is -2.48. The Morgan fingerprint density at radius 3 is 2.54 bits per heavy atom. The van der Waals surface area contributed by atoms with Crippen LogP contribution in [-0.4, -0.2) is 33.6 Å². The van der Waals surface area contributed by atoms with Crippen LogP contribution in [0.1, 0.15) is 25.5 Å². The van der Waals surface area contributed by atoms with E-state index in [0.717, 1.165) is 47.4 Å². The van der Waals surface area contributed by atoms with Gasteiger partial charge in [0, 0.05) is 29.7 Å². The summed E-state index contributed by atoms with van der Waals surface area (Å²) in [4.78, 5) is 16.4. The minimum atomic E-state index is -0.0738. The van der Waals surface area contributed by atoms with E-state index in [9.17, 15) is 0 Å². The second-order valence-corrected chi connectivity index (χ2v) is 8.13. The number of piperidine rings is 1. The monoisotopic (exact) mass is 383 g/mol. The molecule has 0 bridgehead atoms. The normalized spacial score (nSPS) is 17.1. The molecule has 0 saturated carbocycles. The fraction of sp³-hybridized carbons (Fsp3) is 0.438. The Balaban J connectivity index is 1.74. The highest BCUT2D eigenvalue weighted by molar-refractivity contribution is 7.99. The van der Waals surface area contributed by atoms with Gasteiger partial charge < -0.3 is 10.6 Å². The van der Waals surface area contributed by atoms with Crippen molar-refractivity contribution in [1.29, 1.82) is 0 Å². The highest BCUT2D eigenvalue weighted by atomic mass is 35.5. The SMILES string of the molecule is Cc1nc(N2CCC(C)(N)CC2)cnc1Sc1cnc(Cl)c(Cl)c1. The number of pyridine rings is 1. The highest BCUT2D eigenvalue weighted by Gasteiger charge is 2.26. The topological polar surface area (TPSA) is 67.9 Å². The summed E-state index contributed by atoms with van der Waals surface area (Å²) in [7, 11) is 0. The third-order valence-corrected chi connectivity index (χ3v) is 5.84. The van der Waals surface area contributed by atoms with E-state index in [4.69, 9.17) is 33.9 Å². The molecular formula is C16H19Cl2N5S. The van der Waals surface area contributed by atoms with E-state index in [-0.39, 0.29) is 5.54 Å². The number of rotatable bonds is 3. The predicted octanol–water partition coefficient (Wildman–Crippen LogP) is 3.96. The molecule has 24 heavy (non-hydrogen) atoms. The fourth-order valence-electron chi connectivity index (χ4n) is 2.53. The van der Waals surface area contributed by atoms with Crippen molar-refractivity contribution in [2.24, 2.45) is 5.73 Å². The van der Waals surface area contributed by atoms with Crippen molar-refractivity contribution in [3.8, 4) is 0 Å². The molecule has 5 nitrogen and oxygen atoms in total. The zero-order chi connectivity index (χ0) is 17.3. The lowest BCUT2D eigenvalue weighted by molar-refractivity contribution is 0.363. The van der Waals surface area contributed by atoms with Crippen molar-refractivity contribution in [2.45, 2.75) is 42.1 Å². The molecule has 0 unspecified atom stereocenters. The summed E-state index contributed by atoms with van der Waals surface area (Å²) in [5, 5.41) is 1.57. The number of nitrogens with zero attached hydrogens (tertiary/aromatic N) is 4. The van der Waals surface area contributed by atoms with Gasteiger partial charge in [-0.1, -0.05) is 35.0 Å². The smallest absolute Gasteiger partial charge is 0.147 e. The molecule has 3 rings (SSSR count). The molecule has 8 heteroatoms. The molecule has 2 N–H and O–H groups in total. The van der Waals surface area contributed by atoms with Crippen LogP contribution in [0.3, 0.4) is 0 Å². The number of hydrogen-bond donors (Lipinski definition) is 1. The van der Waals surface area contributed by atoms with Crippen molar-refractivity contribution >= 4 is 40.8 Å². The molecule has 0 atom stereocenters. The van der Waals surface area contributed by atoms with Crippen LogP contribution in [0.2, 0.25) is 10.2 Å². The van der Waals surface area contributed by atoms with E-state index >= 15 is 0 Å². The first-order chi connectivity index (χ1) is 11.3. The number of nitrogens with two attached hydrogens (primary N) is 1. The van der Waals surface area contributed by atoms with Gasteiger partial charge >= 0.3 is 0 Å². The number of aromatic nitrogens is 3. The first-order valence-electron chi connectivity index (χ1n) is 7.70. The Morgan fingerprint density at radius 1 is 1.21 bits per heavy atom. The van der Waals surface area contributed by atoms with Crippen molar-refractivity contribution in [3.05, 3.63) is 34.3 Å². The summed E-state index contributed by atoms with van der Waals surface area (Å²) in [6, 6.07) is 1.78. The molecule has 1 aliphatic rings. The Labute approximate surface area is 156 Å². The lowest BCUT2D eigenvalue weighted by Gasteiger charge is -2.37. The average molecular weight is 384 g/mol. The van der Waals surface area contributed by atoms with Gasteiger partial charge in [-0.2, -0.15) is 0 Å². The molecule has 2 aromatic heterocycles. The summed E-state index contributed by atoms with van der Waals surface area (Å²) in [5.74, 6) is 0.902. The standard InChI is InChI=1S/C16H19Cl2N5S/c1-10-15(24-11-7-12(17)14(18)20-8-11)21-9-13(22-10)23-5-3-16(2,19)4-6-23/h7-9H,3-6,19H2,1-2H3. The van der Waals surface area contributed by atoms with Gasteiger partial charge in [-0.05, 0) is 32.8 Å². The third kappa shape index (κ3) is 4.11. The zero-order valence-corrected chi connectivity index (χ0v) is 15.9. The molecular weight excluding hydrogens is 365 g/mol. The van der Waals surface area contributed by atoms with Crippen molar-refractivity contribution in [3.63, 3.8) is 0 Å². The maximum Gasteiger partial charge on any atom is 0.147 e. The van der Waals surface area contributed by atoms with Crippen molar-refractivity contribution < 1.29 is 0 Å². The van der Waals surface area contributed by atoms with E-state index in [1.54, 1.807) is 12.3 Å². The van der Waals surface area contributed by atoms with Gasteiger partial charge in [0.2, 0.25) is 0 Å². The molecule has 0 spiro atoms. The van der Waals surface area contributed by atoms with E-state index in [2.05, 4.69) is 21.8 Å². The predicted molar refractivity (Wildman–Crippen MR) is 99.2 cm³/mol. The van der Waals surface area contributed by atoms with Crippen LogP contribution in [0, 0.1) is 6.92 Å². The largest absolute Gasteiger partial charge is 0.355 e. The van der Waals surface area contributed by atoms with Crippen LogP contribution in [0.15, 0.2) is 28.4 Å². The summed E-state index contributed by atoms with van der Waals surface area (Å²) in [5.41, 5.74) is 6.99. The van der Waals surface area contributed by atoms with Gasteiger partial charge in [0.05, 0.1) is 16.9 Å². The summed E-state index contributed by atoms with van der Waals surface area (Å²) < 4.78 is 0. The molecule has 1 saturated heterocycles. The van der Waals surface area contributed by atoms with Crippen LogP contribution >= 0.6 is 35.0 Å². The Hall–Kier alpha value is -1.08. The molecule has 1 fully saturated rings. The van der Waals surface area contributed by atoms with Crippen LogP contribution in [0.5, 0.6) is 0 Å². The molecule has 3 heterocycles. The number of aryl methyl sites for hydroxylation is 1. The summed E-state index contributed by atoms with van der Waals surface area (Å²) in [6.07, 6.45) is 5.42. The van der Waals surface area contributed by atoms with E-state index < -0.39 is 0 Å². The van der Waals surface area contributed by atoms with Crippen LogP contribution in [-0.2, 0) is 0 Å². The zero-order valence-electron chi connectivity index (χ0n) is 13.6. The summed E-state index contributed by atoms with van der Waals surface area (Å²) in [6.45, 7) is 5.88. The molecule has 2 aromatic rings. The first kappa shape index (κ1) is 17.7. The average Bonchev–Trinajstić information content (AvgIpc) is 2.53. The van der Waals surface area contributed by atoms with Gasteiger partial charge in [0.1, 0.15) is 16.0 Å². The molecule has 0 amide bonds. The first-order valence-corrected chi connectivity index (χ1v) is 9.28. The Bertz CT molecular complexity index is 743. The molecule has 0 aliphatic carbocycles. The maximum atomic E-state index is 6.19. The van der Waals surface area contributed by atoms with Crippen LogP contribution < -0.4 is 10.6 Å². The second-order valence-electron chi connectivity index (χ2n) is 6.31. The molecule has 0 radical (unpaired) electrons. The van der Waals surface area contributed by atoms with Gasteiger partial charge in [-0.15, -0.1) is 0 Å². The third-order valence-electron chi connectivity index (χ3n) is 4.10. The van der Waals surface area contributed by atoms with Crippen molar-refractivity contribution in [2.75, 3.05) is 18.0 Å². The quantitative estimate of drug-likeness (QED) is 0.808. The van der Waals surface area contributed by atoms with E-state index in [1.165, 1.54) is 11.8 Å². The minimum absolute atomic E-state index is 0.0738. The molecule has 1 aliphatic heterocycles. The van der Waals surface area contributed by atoms with E-state index in [0.29, 0.717) is 10.2 Å². The Morgan fingerprint density at radius 2 is 1.92 bits per heavy atom. The van der Waals surface area contributed by atoms with Gasteiger partial charge in [-0.25, -0.2) is 15.0 Å². The number of anilines is 1. The van der Waals surface area contributed by atoms with Crippen LogP contribution in [0.4, 0.5) is 5.82 Å².